The maximum Gasteiger partial charge on any atom is 0.200 e. The summed E-state index contributed by atoms with van der Waals surface area (Å²) < 4.78 is 11.3. The molecule has 0 aliphatic rings. The van der Waals surface area contributed by atoms with Gasteiger partial charge in [0, 0.05) is 0 Å². The Morgan fingerprint density at radius 1 is 0.955 bits per heavy atom. The molecule has 0 fully saturated rings. The molecular formula is C19H14O3. The van der Waals surface area contributed by atoms with Gasteiger partial charge in [-0.1, -0.05) is 29.8 Å². The van der Waals surface area contributed by atoms with Crippen molar-refractivity contribution in [1.29, 1.82) is 0 Å². The zero-order chi connectivity index (χ0) is 15.3. The van der Waals surface area contributed by atoms with Crippen molar-refractivity contribution in [3.63, 3.8) is 0 Å². The summed E-state index contributed by atoms with van der Waals surface area (Å²) in [5.74, 6) is 0.570. The minimum Gasteiger partial charge on any atom is -0.493 e. The zero-order valence-corrected chi connectivity index (χ0v) is 12.3. The van der Waals surface area contributed by atoms with E-state index >= 15 is 0 Å². The molecule has 0 bridgehead atoms. The van der Waals surface area contributed by atoms with Crippen LogP contribution in [0.15, 0.2) is 57.7 Å². The number of hydrogen-bond acceptors (Lipinski definition) is 3. The van der Waals surface area contributed by atoms with Crippen LogP contribution < -0.4 is 10.2 Å². The lowest BCUT2D eigenvalue weighted by atomic mass is 10.0. The summed E-state index contributed by atoms with van der Waals surface area (Å²) in [6.07, 6.45) is 0. The van der Waals surface area contributed by atoms with Gasteiger partial charge >= 0.3 is 0 Å². The van der Waals surface area contributed by atoms with Crippen molar-refractivity contribution in [1.82, 2.24) is 0 Å². The van der Waals surface area contributed by atoms with E-state index in [9.17, 15) is 4.79 Å². The van der Waals surface area contributed by atoms with Gasteiger partial charge in [-0.3, -0.25) is 4.79 Å². The Labute approximate surface area is 126 Å². The molecule has 22 heavy (non-hydrogen) atoms. The largest absolute Gasteiger partial charge is 0.493 e. The molecule has 4 rings (SSSR count). The fourth-order valence-corrected chi connectivity index (χ4v) is 2.87. The van der Waals surface area contributed by atoms with Gasteiger partial charge in [0.15, 0.2) is 11.3 Å². The molecule has 0 unspecified atom stereocenters. The minimum absolute atomic E-state index is 0.0300. The van der Waals surface area contributed by atoms with Crippen LogP contribution in [0.3, 0.4) is 0 Å². The quantitative estimate of drug-likeness (QED) is 0.487. The average Bonchev–Trinajstić information content (AvgIpc) is 2.53. The highest BCUT2D eigenvalue weighted by Crippen LogP contribution is 2.29. The van der Waals surface area contributed by atoms with Crippen LogP contribution in [0.5, 0.6) is 5.75 Å². The van der Waals surface area contributed by atoms with Gasteiger partial charge in [0.05, 0.1) is 17.9 Å². The van der Waals surface area contributed by atoms with Crippen molar-refractivity contribution in [2.75, 3.05) is 7.11 Å². The van der Waals surface area contributed by atoms with Gasteiger partial charge in [-0.15, -0.1) is 0 Å². The van der Waals surface area contributed by atoms with Crippen molar-refractivity contribution in [2.24, 2.45) is 0 Å². The van der Waals surface area contributed by atoms with Crippen LogP contribution in [0, 0.1) is 6.92 Å². The molecule has 0 radical (unpaired) electrons. The summed E-state index contributed by atoms with van der Waals surface area (Å²) >= 11 is 0. The summed E-state index contributed by atoms with van der Waals surface area (Å²) in [7, 11) is 1.57. The van der Waals surface area contributed by atoms with Crippen LogP contribution in [-0.2, 0) is 0 Å². The monoisotopic (exact) mass is 290 g/mol. The predicted molar refractivity (Wildman–Crippen MR) is 88.8 cm³/mol. The lowest BCUT2D eigenvalue weighted by molar-refractivity contribution is 0.411. The summed E-state index contributed by atoms with van der Waals surface area (Å²) in [5, 5.41) is 3.23. The van der Waals surface area contributed by atoms with Gasteiger partial charge < -0.3 is 9.15 Å². The molecular weight excluding hydrogens is 276 g/mol. The topological polar surface area (TPSA) is 39.4 Å². The van der Waals surface area contributed by atoms with Crippen molar-refractivity contribution in [2.45, 2.75) is 6.92 Å². The van der Waals surface area contributed by atoms with E-state index in [2.05, 4.69) is 6.07 Å². The minimum atomic E-state index is -0.0300. The Morgan fingerprint density at radius 2 is 1.82 bits per heavy atom. The second-order valence-corrected chi connectivity index (χ2v) is 5.47. The first-order chi connectivity index (χ1) is 10.7. The molecule has 0 aliphatic heterocycles. The lowest BCUT2D eigenvalue weighted by Gasteiger charge is -2.07. The zero-order valence-electron chi connectivity index (χ0n) is 12.3. The fraction of sp³-hybridized carbons (Fsp3) is 0.105. The molecule has 3 nitrogen and oxygen atoms in total. The molecule has 1 aromatic heterocycles. The third kappa shape index (κ3) is 1.79. The molecule has 108 valence electrons. The maximum atomic E-state index is 12.8. The number of para-hydroxylation sites is 1. The van der Waals surface area contributed by atoms with Crippen LogP contribution in [0.1, 0.15) is 5.56 Å². The summed E-state index contributed by atoms with van der Waals surface area (Å²) in [6, 6.07) is 15.3. The number of benzene rings is 3. The van der Waals surface area contributed by atoms with Crippen LogP contribution in [0.2, 0.25) is 0 Å². The second-order valence-electron chi connectivity index (χ2n) is 5.47. The van der Waals surface area contributed by atoms with Gasteiger partial charge in [-0.05, 0) is 42.0 Å². The van der Waals surface area contributed by atoms with Crippen LogP contribution >= 0.6 is 0 Å². The van der Waals surface area contributed by atoms with Crippen molar-refractivity contribution in [3.8, 4) is 5.75 Å². The molecule has 0 aliphatic carbocycles. The number of fused-ring (bicyclic) bond motifs is 3. The van der Waals surface area contributed by atoms with Gasteiger partial charge in [0.1, 0.15) is 5.58 Å². The molecule has 0 amide bonds. The van der Waals surface area contributed by atoms with E-state index in [-0.39, 0.29) is 5.43 Å². The highest BCUT2D eigenvalue weighted by atomic mass is 16.5. The molecule has 0 saturated carbocycles. The molecule has 4 aromatic rings. The molecule has 3 heteroatoms. The summed E-state index contributed by atoms with van der Waals surface area (Å²) in [4.78, 5) is 12.8. The van der Waals surface area contributed by atoms with Crippen LogP contribution in [0.25, 0.3) is 32.7 Å². The lowest BCUT2D eigenvalue weighted by Crippen LogP contribution is -2.02. The highest BCUT2D eigenvalue weighted by Gasteiger charge is 2.12. The summed E-state index contributed by atoms with van der Waals surface area (Å²) in [5.41, 5.74) is 2.22. The smallest absolute Gasteiger partial charge is 0.200 e. The Bertz CT molecular complexity index is 1090. The molecule has 3 aromatic carbocycles. The molecule has 0 spiro atoms. The van der Waals surface area contributed by atoms with Crippen LogP contribution in [-0.4, -0.2) is 7.11 Å². The number of rotatable bonds is 1. The van der Waals surface area contributed by atoms with E-state index in [1.807, 2.05) is 31.2 Å². The van der Waals surface area contributed by atoms with Crippen molar-refractivity contribution >= 4 is 32.7 Å². The van der Waals surface area contributed by atoms with Crippen molar-refractivity contribution < 1.29 is 9.15 Å². The van der Waals surface area contributed by atoms with Gasteiger partial charge in [-0.2, -0.15) is 0 Å². The maximum absolute atomic E-state index is 12.8. The molecule has 0 N–H and O–H groups in total. The fourth-order valence-electron chi connectivity index (χ4n) is 2.87. The molecule has 0 saturated heterocycles. The van der Waals surface area contributed by atoms with Gasteiger partial charge in [-0.25, -0.2) is 0 Å². The van der Waals surface area contributed by atoms with E-state index in [1.165, 1.54) is 5.56 Å². The van der Waals surface area contributed by atoms with E-state index in [0.29, 0.717) is 27.7 Å². The summed E-state index contributed by atoms with van der Waals surface area (Å²) in [6.45, 7) is 2.04. The molecule has 1 heterocycles. The predicted octanol–water partition coefficient (Wildman–Crippen LogP) is 4.42. The first-order valence-corrected chi connectivity index (χ1v) is 7.11. The number of methoxy groups -OCH3 is 1. The number of ether oxygens (including phenoxy) is 1. The average molecular weight is 290 g/mol. The van der Waals surface area contributed by atoms with E-state index in [1.54, 1.807) is 25.3 Å². The number of hydrogen-bond donors (Lipinski definition) is 0. The Kier molecular flexibility index (Phi) is 2.70. The Morgan fingerprint density at radius 3 is 2.64 bits per heavy atom. The first-order valence-electron chi connectivity index (χ1n) is 7.11. The van der Waals surface area contributed by atoms with E-state index in [4.69, 9.17) is 9.15 Å². The third-order valence-corrected chi connectivity index (χ3v) is 3.99. The third-order valence-electron chi connectivity index (χ3n) is 3.99. The van der Waals surface area contributed by atoms with Crippen molar-refractivity contribution in [3.05, 3.63) is 64.3 Å². The van der Waals surface area contributed by atoms with Gasteiger partial charge in [0.2, 0.25) is 5.43 Å². The SMILES string of the molecule is COc1cccc2c(=O)c3cc4ccc(C)cc4cc3oc12. The normalized spacial score (nSPS) is 11.4. The van der Waals surface area contributed by atoms with E-state index < -0.39 is 0 Å². The first kappa shape index (κ1) is 12.9. The standard InChI is InChI=1S/C19H14O3/c1-11-6-7-12-9-15-17(10-13(12)8-11)22-19-14(18(15)20)4-3-5-16(19)21-2/h3-10H,1-2H3. The van der Waals surface area contributed by atoms with Gasteiger partial charge in [0.25, 0.3) is 0 Å². The Balaban J connectivity index is 2.22. The van der Waals surface area contributed by atoms with E-state index in [0.717, 1.165) is 10.8 Å². The van der Waals surface area contributed by atoms with Crippen LogP contribution in [0.4, 0.5) is 0 Å². The number of aryl methyl sites for hydroxylation is 1. The highest BCUT2D eigenvalue weighted by molar-refractivity contribution is 6.00. The second kappa shape index (κ2) is 4.60. The Hall–Kier alpha value is -2.81. The molecule has 0 atom stereocenters.